The molecule has 0 unspecified atom stereocenters. The van der Waals surface area contributed by atoms with Crippen LogP contribution in [-0.2, 0) is 12.7 Å². The zero-order valence-corrected chi connectivity index (χ0v) is 11.8. The van der Waals surface area contributed by atoms with Gasteiger partial charge in [-0.25, -0.2) is 4.98 Å². The van der Waals surface area contributed by atoms with Gasteiger partial charge in [0.15, 0.2) is 5.69 Å². The Morgan fingerprint density at radius 2 is 1.84 bits per heavy atom. The lowest BCUT2D eigenvalue weighted by Crippen LogP contribution is -2.13. The minimum absolute atomic E-state index is 0.221. The van der Waals surface area contributed by atoms with Gasteiger partial charge in [0.05, 0.1) is 9.88 Å². The maximum absolute atomic E-state index is 12.9. The largest absolute Gasteiger partial charge is 0.434 e. The molecule has 2 nitrogen and oxygen atoms in total. The molecule has 1 N–H and O–H groups in total. The predicted octanol–water partition coefficient (Wildman–Crippen LogP) is 4.32. The standard InChI is InChI=1S/C13H19F3N2S/c1-17-8-10-11(13(14,15)16)18-12(19-10)9-6-4-2-3-5-7-9/h9,17H,2-8H2,1H3. The number of alkyl halides is 3. The van der Waals surface area contributed by atoms with Crippen LogP contribution in [0.25, 0.3) is 0 Å². The quantitative estimate of drug-likeness (QED) is 0.839. The summed E-state index contributed by atoms with van der Waals surface area (Å²) < 4.78 is 38.8. The summed E-state index contributed by atoms with van der Waals surface area (Å²) in [7, 11) is 1.66. The van der Waals surface area contributed by atoms with Gasteiger partial charge in [0.1, 0.15) is 0 Å². The van der Waals surface area contributed by atoms with E-state index in [0.29, 0.717) is 9.88 Å². The molecule has 0 radical (unpaired) electrons. The fraction of sp³-hybridized carbons (Fsp3) is 0.769. The Balaban J connectivity index is 2.25. The fourth-order valence-corrected chi connectivity index (χ4v) is 3.84. The van der Waals surface area contributed by atoms with E-state index in [9.17, 15) is 13.2 Å². The number of hydrogen-bond acceptors (Lipinski definition) is 3. The van der Waals surface area contributed by atoms with Gasteiger partial charge >= 0.3 is 6.18 Å². The summed E-state index contributed by atoms with van der Waals surface area (Å²) in [5.74, 6) is 0.221. The van der Waals surface area contributed by atoms with E-state index in [1.54, 1.807) is 7.05 Å². The normalized spacial score (nSPS) is 18.5. The van der Waals surface area contributed by atoms with Crippen LogP contribution in [0.5, 0.6) is 0 Å². The highest BCUT2D eigenvalue weighted by Crippen LogP contribution is 2.39. The van der Waals surface area contributed by atoms with Crippen molar-refractivity contribution in [2.75, 3.05) is 7.05 Å². The number of halogens is 3. The van der Waals surface area contributed by atoms with Gasteiger partial charge in [-0.15, -0.1) is 11.3 Å². The molecule has 0 spiro atoms. The zero-order chi connectivity index (χ0) is 13.9. The van der Waals surface area contributed by atoms with Crippen molar-refractivity contribution in [1.82, 2.24) is 10.3 Å². The molecule has 19 heavy (non-hydrogen) atoms. The first kappa shape index (κ1) is 14.8. The summed E-state index contributed by atoms with van der Waals surface area (Å²) in [6.45, 7) is 0.235. The molecule has 1 heterocycles. The third kappa shape index (κ3) is 3.69. The number of aromatic nitrogens is 1. The number of hydrogen-bond donors (Lipinski definition) is 1. The van der Waals surface area contributed by atoms with Crippen LogP contribution < -0.4 is 5.32 Å². The van der Waals surface area contributed by atoms with Crippen LogP contribution in [0.2, 0.25) is 0 Å². The van der Waals surface area contributed by atoms with Crippen molar-refractivity contribution in [1.29, 1.82) is 0 Å². The van der Waals surface area contributed by atoms with Crippen LogP contribution in [-0.4, -0.2) is 12.0 Å². The summed E-state index contributed by atoms with van der Waals surface area (Å²) in [5, 5.41) is 3.48. The lowest BCUT2D eigenvalue weighted by molar-refractivity contribution is -0.141. The van der Waals surface area contributed by atoms with Crippen LogP contribution in [0.1, 0.15) is 60.0 Å². The molecule has 1 aliphatic carbocycles. The average molecular weight is 292 g/mol. The second kappa shape index (κ2) is 6.22. The molecular formula is C13H19F3N2S. The Kier molecular flexibility index (Phi) is 4.84. The predicted molar refractivity (Wildman–Crippen MR) is 70.3 cm³/mol. The maximum Gasteiger partial charge on any atom is 0.434 e. The van der Waals surface area contributed by atoms with Crippen LogP contribution in [0.4, 0.5) is 13.2 Å². The molecule has 2 rings (SSSR count). The number of thiazole rings is 1. The molecule has 1 aromatic heterocycles. The first-order chi connectivity index (χ1) is 9.02. The van der Waals surface area contributed by atoms with Crippen LogP contribution in [0.15, 0.2) is 0 Å². The van der Waals surface area contributed by atoms with Crippen molar-refractivity contribution in [3.8, 4) is 0 Å². The van der Waals surface area contributed by atoms with Gasteiger partial charge in [-0.3, -0.25) is 0 Å². The highest BCUT2D eigenvalue weighted by molar-refractivity contribution is 7.11. The van der Waals surface area contributed by atoms with Crippen molar-refractivity contribution >= 4 is 11.3 Å². The van der Waals surface area contributed by atoms with Gasteiger partial charge in [0.25, 0.3) is 0 Å². The van der Waals surface area contributed by atoms with Gasteiger partial charge in [-0.2, -0.15) is 13.2 Å². The van der Waals surface area contributed by atoms with Crippen molar-refractivity contribution in [2.24, 2.45) is 0 Å². The molecular weight excluding hydrogens is 273 g/mol. The van der Waals surface area contributed by atoms with Gasteiger partial charge in [-0.05, 0) is 19.9 Å². The van der Waals surface area contributed by atoms with Gasteiger partial charge < -0.3 is 5.32 Å². The second-order valence-corrected chi connectivity index (χ2v) is 6.16. The van der Waals surface area contributed by atoms with Crippen molar-refractivity contribution < 1.29 is 13.2 Å². The van der Waals surface area contributed by atoms with Crippen molar-refractivity contribution in [2.45, 2.75) is 57.2 Å². The first-order valence-electron chi connectivity index (χ1n) is 6.73. The highest BCUT2D eigenvalue weighted by Gasteiger charge is 2.38. The minimum atomic E-state index is -4.34. The highest BCUT2D eigenvalue weighted by atomic mass is 32.1. The average Bonchev–Trinajstić information content (AvgIpc) is 2.59. The van der Waals surface area contributed by atoms with Crippen LogP contribution in [0.3, 0.4) is 0 Å². The Hall–Kier alpha value is -0.620. The smallest absolute Gasteiger partial charge is 0.315 e. The molecule has 0 bridgehead atoms. The SMILES string of the molecule is CNCc1sc(C2CCCCCC2)nc1C(F)(F)F. The summed E-state index contributed by atoms with van der Waals surface area (Å²) in [5.41, 5.74) is -0.689. The molecule has 0 amide bonds. The first-order valence-corrected chi connectivity index (χ1v) is 7.55. The monoisotopic (exact) mass is 292 g/mol. The van der Waals surface area contributed by atoms with Crippen LogP contribution >= 0.6 is 11.3 Å². The number of rotatable bonds is 3. The van der Waals surface area contributed by atoms with Crippen molar-refractivity contribution in [3.05, 3.63) is 15.6 Å². The summed E-state index contributed by atoms with van der Waals surface area (Å²) in [6, 6.07) is 0. The van der Waals surface area contributed by atoms with E-state index in [2.05, 4.69) is 10.3 Å². The molecule has 1 fully saturated rings. The lowest BCUT2D eigenvalue weighted by atomic mass is 10.0. The number of nitrogens with one attached hydrogen (secondary N) is 1. The van der Waals surface area contributed by atoms with Gasteiger partial charge in [-0.1, -0.05) is 25.7 Å². The minimum Gasteiger partial charge on any atom is -0.315 e. The third-order valence-corrected chi connectivity index (χ3v) is 4.74. The second-order valence-electron chi connectivity index (χ2n) is 5.04. The van der Waals surface area contributed by atoms with E-state index in [4.69, 9.17) is 0 Å². The summed E-state index contributed by atoms with van der Waals surface area (Å²) in [4.78, 5) is 4.23. The van der Waals surface area contributed by atoms with Crippen molar-refractivity contribution in [3.63, 3.8) is 0 Å². The lowest BCUT2D eigenvalue weighted by Gasteiger charge is -2.09. The Morgan fingerprint density at radius 1 is 1.21 bits per heavy atom. The molecule has 6 heteroatoms. The topological polar surface area (TPSA) is 24.9 Å². The van der Waals surface area contributed by atoms with E-state index in [1.165, 1.54) is 24.2 Å². The van der Waals surface area contributed by atoms with E-state index in [-0.39, 0.29) is 12.5 Å². The van der Waals surface area contributed by atoms with E-state index < -0.39 is 11.9 Å². The molecule has 1 saturated carbocycles. The third-order valence-electron chi connectivity index (χ3n) is 3.52. The summed E-state index contributed by atoms with van der Waals surface area (Å²) in [6.07, 6.45) is 2.20. The van der Waals surface area contributed by atoms with E-state index in [1.807, 2.05) is 0 Å². The maximum atomic E-state index is 12.9. The Labute approximate surface area is 115 Å². The fourth-order valence-electron chi connectivity index (χ4n) is 2.57. The molecule has 108 valence electrons. The molecule has 0 aliphatic heterocycles. The molecule has 0 atom stereocenters. The molecule has 0 aromatic carbocycles. The number of nitrogens with zero attached hydrogens (tertiary/aromatic N) is 1. The zero-order valence-electron chi connectivity index (χ0n) is 11.0. The van der Waals surface area contributed by atoms with Gasteiger partial charge in [0, 0.05) is 12.5 Å². The van der Waals surface area contributed by atoms with Crippen LogP contribution in [0, 0.1) is 0 Å². The molecule has 1 aliphatic rings. The van der Waals surface area contributed by atoms with E-state index in [0.717, 1.165) is 25.7 Å². The Bertz CT molecular complexity index is 407. The van der Waals surface area contributed by atoms with Gasteiger partial charge in [0.2, 0.25) is 0 Å². The molecule has 0 saturated heterocycles. The van der Waals surface area contributed by atoms with E-state index >= 15 is 0 Å². The summed E-state index contributed by atoms with van der Waals surface area (Å²) >= 11 is 1.23. The molecule has 1 aromatic rings. The Morgan fingerprint density at radius 3 is 2.37 bits per heavy atom.